The highest BCUT2D eigenvalue weighted by Crippen LogP contribution is 2.33. The third-order valence-electron chi connectivity index (χ3n) is 3.48. The molecule has 0 spiro atoms. The van der Waals surface area contributed by atoms with Crippen molar-refractivity contribution in [1.82, 2.24) is 5.06 Å². The molecule has 0 aliphatic rings. The highest BCUT2D eigenvalue weighted by Gasteiger charge is 2.23. The molecule has 1 N–H and O–H groups in total. The first kappa shape index (κ1) is 19.6. The van der Waals surface area contributed by atoms with Crippen LogP contribution in [0.15, 0.2) is 30.3 Å². The molecule has 1 amide bonds. The lowest BCUT2D eigenvalue weighted by atomic mass is 10.1. The molecule has 0 fully saturated rings. The number of esters is 1. The van der Waals surface area contributed by atoms with E-state index >= 15 is 0 Å². The predicted octanol–water partition coefficient (Wildman–Crippen LogP) is 3.82. The molecule has 0 aliphatic heterocycles. The number of methoxy groups -OCH3 is 1. The molecule has 0 radical (unpaired) electrons. The fourth-order valence-electron chi connectivity index (χ4n) is 2.21. The summed E-state index contributed by atoms with van der Waals surface area (Å²) in [7, 11) is 1.60. The molecule has 0 atom stereocenters. The van der Waals surface area contributed by atoms with E-state index in [1.165, 1.54) is 11.3 Å². The molecule has 1 heterocycles. The Morgan fingerprint density at radius 2 is 1.88 bits per heavy atom. The maximum atomic E-state index is 12.2. The van der Waals surface area contributed by atoms with E-state index in [4.69, 9.17) is 19.4 Å². The standard InChI is InChI=1S/C18H21NO6S/c1-4-19(18(21)22)25-17-15(16(20)24-5-2)11-14(26-17)10-12-6-8-13(23-3)9-7-12/h6-9,11H,4-5,10H2,1-3H3,(H,21,22). The minimum absolute atomic E-state index is 0.128. The number of benzene rings is 1. The summed E-state index contributed by atoms with van der Waals surface area (Å²) in [5.41, 5.74) is 1.25. The Morgan fingerprint density at radius 3 is 2.42 bits per heavy atom. The van der Waals surface area contributed by atoms with Gasteiger partial charge in [0.15, 0.2) is 0 Å². The van der Waals surface area contributed by atoms with Gasteiger partial charge in [-0.1, -0.05) is 23.5 Å². The molecule has 0 saturated carbocycles. The number of thiophene rings is 1. The van der Waals surface area contributed by atoms with Gasteiger partial charge in [-0.15, -0.1) is 5.06 Å². The number of hydroxylamine groups is 2. The van der Waals surface area contributed by atoms with Crippen molar-refractivity contribution in [3.05, 3.63) is 46.3 Å². The minimum Gasteiger partial charge on any atom is -0.497 e. The molecule has 2 rings (SSSR count). The zero-order chi connectivity index (χ0) is 19.1. The van der Waals surface area contributed by atoms with Gasteiger partial charge < -0.3 is 19.4 Å². The Bertz CT molecular complexity index is 756. The van der Waals surface area contributed by atoms with Gasteiger partial charge in [-0.05, 0) is 37.6 Å². The molecule has 26 heavy (non-hydrogen) atoms. The Kier molecular flexibility index (Phi) is 6.85. The minimum atomic E-state index is -1.23. The molecule has 7 nitrogen and oxygen atoms in total. The van der Waals surface area contributed by atoms with Crippen LogP contribution in [0, 0.1) is 0 Å². The fraction of sp³-hybridized carbons (Fsp3) is 0.333. The first-order valence-corrected chi connectivity index (χ1v) is 8.91. The predicted molar refractivity (Wildman–Crippen MR) is 97.1 cm³/mol. The zero-order valence-corrected chi connectivity index (χ0v) is 15.7. The van der Waals surface area contributed by atoms with E-state index in [0.29, 0.717) is 6.42 Å². The van der Waals surface area contributed by atoms with Crippen LogP contribution in [0.3, 0.4) is 0 Å². The van der Waals surface area contributed by atoms with E-state index in [-0.39, 0.29) is 23.8 Å². The topological polar surface area (TPSA) is 85.3 Å². The average Bonchev–Trinajstić information content (AvgIpc) is 3.02. The van der Waals surface area contributed by atoms with Crippen molar-refractivity contribution in [2.75, 3.05) is 20.3 Å². The van der Waals surface area contributed by atoms with E-state index in [2.05, 4.69) is 0 Å². The molecule has 2 aromatic rings. The largest absolute Gasteiger partial charge is 0.497 e. The summed E-state index contributed by atoms with van der Waals surface area (Å²) in [6.45, 7) is 3.70. The fourth-order valence-corrected chi connectivity index (χ4v) is 3.25. The van der Waals surface area contributed by atoms with Crippen LogP contribution < -0.4 is 9.57 Å². The molecule has 1 aromatic heterocycles. The summed E-state index contributed by atoms with van der Waals surface area (Å²) in [4.78, 5) is 29.6. The van der Waals surface area contributed by atoms with Crippen LogP contribution in [-0.2, 0) is 11.2 Å². The SMILES string of the molecule is CCOC(=O)c1cc(Cc2ccc(OC)cc2)sc1ON(CC)C(=O)O. The number of carboxylic acid groups (broad SMARTS) is 1. The highest BCUT2D eigenvalue weighted by atomic mass is 32.1. The van der Waals surface area contributed by atoms with Crippen molar-refractivity contribution in [2.45, 2.75) is 20.3 Å². The van der Waals surface area contributed by atoms with Crippen LogP contribution in [0.4, 0.5) is 4.79 Å². The Balaban J connectivity index is 2.27. The summed E-state index contributed by atoms with van der Waals surface area (Å²) in [6, 6.07) is 9.25. The maximum absolute atomic E-state index is 12.2. The van der Waals surface area contributed by atoms with Crippen LogP contribution in [0.2, 0.25) is 0 Å². The number of rotatable bonds is 8. The number of hydrogen-bond donors (Lipinski definition) is 1. The molecule has 0 unspecified atom stereocenters. The van der Waals surface area contributed by atoms with Crippen molar-refractivity contribution in [2.24, 2.45) is 0 Å². The first-order chi connectivity index (χ1) is 12.5. The van der Waals surface area contributed by atoms with Crippen LogP contribution in [0.1, 0.15) is 34.6 Å². The molecule has 0 saturated heterocycles. The molecule has 1 aromatic carbocycles. The van der Waals surface area contributed by atoms with Gasteiger partial charge >= 0.3 is 12.1 Å². The number of nitrogens with zero attached hydrogens (tertiary/aromatic N) is 1. The van der Waals surface area contributed by atoms with Crippen LogP contribution >= 0.6 is 11.3 Å². The molecule has 8 heteroatoms. The van der Waals surface area contributed by atoms with Gasteiger partial charge in [0.05, 0.1) is 20.3 Å². The van der Waals surface area contributed by atoms with Gasteiger partial charge in [0.2, 0.25) is 5.06 Å². The number of amides is 1. The van der Waals surface area contributed by atoms with E-state index in [1.54, 1.807) is 27.0 Å². The molecular weight excluding hydrogens is 358 g/mol. The summed E-state index contributed by atoms with van der Waals surface area (Å²) in [6.07, 6.45) is -0.656. The summed E-state index contributed by atoms with van der Waals surface area (Å²) >= 11 is 1.22. The number of carbonyl (C=O) groups is 2. The average molecular weight is 379 g/mol. The first-order valence-electron chi connectivity index (χ1n) is 8.09. The Hall–Kier alpha value is -2.74. The van der Waals surface area contributed by atoms with E-state index in [1.807, 2.05) is 24.3 Å². The molecule has 140 valence electrons. The van der Waals surface area contributed by atoms with E-state index < -0.39 is 12.1 Å². The summed E-state index contributed by atoms with van der Waals surface area (Å²) < 4.78 is 10.2. The van der Waals surface area contributed by atoms with Gasteiger partial charge in [-0.2, -0.15) is 0 Å². The second-order valence-corrected chi connectivity index (χ2v) is 6.33. The van der Waals surface area contributed by atoms with Crippen molar-refractivity contribution in [1.29, 1.82) is 0 Å². The normalized spacial score (nSPS) is 10.3. The second-order valence-electron chi connectivity index (χ2n) is 5.23. The number of ether oxygens (including phenoxy) is 2. The smallest absolute Gasteiger partial charge is 0.440 e. The second kappa shape index (κ2) is 9.10. The molecule has 0 aliphatic carbocycles. The van der Waals surface area contributed by atoms with Gasteiger partial charge in [0.1, 0.15) is 11.3 Å². The van der Waals surface area contributed by atoms with E-state index in [9.17, 15) is 9.59 Å². The van der Waals surface area contributed by atoms with Crippen molar-refractivity contribution in [3.63, 3.8) is 0 Å². The lowest BCUT2D eigenvalue weighted by molar-refractivity contribution is -0.0292. The Labute approximate surface area is 155 Å². The maximum Gasteiger partial charge on any atom is 0.440 e. The molecule has 0 bridgehead atoms. The van der Waals surface area contributed by atoms with Crippen LogP contribution in [0.5, 0.6) is 10.8 Å². The highest BCUT2D eigenvalue weighted by molar-refractivity contribution is 7.14. The van der Waals surface area contributed by atoms with Crippen molar-refractivity contribution in [3.8, 4) is 10.8 Å². The van der Waals surface area contributed by atoms with E-state index in [0.717, 1.165) is 21.3 Å². The lowest BCUT2D eigenvalue weighted by Crippen LogP contribution is -2.32. The lowest BCUT2D eigenvalue weighted by Gasteiger charge is -2.16. The third-order valence-corrected chi connectivity index (χ3v) is 4.48. The Morgan fingerprint density at radius 1 is 1.19 bits per heavy atom. The van der Waals surface area contributed by atoms with Gasteiger partial charge in [0, 0.05) is 11.3 Å². The third kappa shape index (κ3) is 4.89. The van der Waals surface area contributed by atoms with Gasteiger partial charge in [-0.3, -0.25) is 0 Å². The number of carbonyl (C=O) groups excluding carboxylic acids is 1. The van der Waals surface area contributed by atoms with Gasteiger partial charge in [-0.25, -0.2) is 9.59 Å². The molecular formula is C18H21NO6S. The van der Waals surface area contributed by atoms with Crippen LogP contribution in [0.25, 0.3) is 0 Å². The van der Waals surface area contributed by atoms with Crippen molar-refractivity contribution >= 4 is 23.4 Å². The van der Waals surface area contributed by atoms with Crippen molar-refractivity contribution < 1.29 is 29.0 Å². The summed E-state index contributed by atoms with van der Waals surface area (Å²) in [5, 5.41) is 10.1. The van der Waals surface area contributed by atoms with Crippen LogP contribution in [-0.4, -0.2) is 42.5 Å². The quantitative estimate of drug-likeness (QED) is 0.554. The monoisotopic (exact) mass is 379 g/mol. The summed E-state index contributed by atoms with van der Waals surface area (Å²) in [5.74, 6) is 0.220. The zero-order valence-electron chi connectivity index (χ0n) is 14.9. The number of hydrogen-bond acceptors (Lipinski definition) is 6. The van der Waals surface area contributed by atoms with Gasteiger partial charge in [0.25, 0.3) is 0 Å².